The van der Waals surface area contributed by atoms with Crippen LogP contribution in [0.4, 0.5) is 11.4 Å². The van der Waals surface area contributed by atoms with Gasteiger partial charge in [0.1, 0.15) is 0 Å². The molecule has 0 radical (unpaired) electrons. The largest absolute Gasteiger partial charge is 0.385 e. The van der Waals surface area contributed by atoms with E-state index in [0.29, 0.717) is 29.7 Å². The Bertz CT molecular complexity index is 831. The van der Waals surface area contributed by atoms with Crippen molar-refractivity contribution in [2.24, 2.45) is 0 Å². The zero-order valence-corrected chi connectivity index (χ0v) is 13.2. The molecule has 0 fully saturated rings. The molecule has 0 atom stereocenters. The van der Waals surface area contributed by atoms with Gasteiger partial charge < -0.3 is 9.84 Å². The molecule has 0 unspecified atom stereocenters. The van der Waals surface area contributed by atoms with Gasteiger partial charge in [-0.05, 0) is 36.4 Å². The van der Waals surface area contributed by atoms with Gasteiger partial charge in [-0.15, -0.1) is 0 Å². The summed E-state index contributed by atoms with van der Waals surface area (Å²) in [6, 6.07) is 13.4. The molecule has 0 saturated carbocycles. The molecule has 0 aliphatic heterocycles. The monoisotopic (exact) mass is 344 g/mol. The lowest BCUT2D eigenvalue weighted by Crippen LogP contribution is -2.05. The van der Waals surface area contributed by atoms with Crippen LogP contribution in [-0.2, 0) is 6.42 Å². The van der Waals surface area contributed by atoms with E-state index in [1.807, 2.05) is 12.1 Å². The van der Waals surface area contributed by atoms with Crippen LogP contribution in [0.5, 0.6) is 0 Å². The summed E-state index contributed by atoms with van der Waals surface area (Å²) in [6.45, 7) is 0.570. The summed E-state index contributed by atoms with van der Waals surface area (Å²) in [4.78, 5) is 14.5. The Hall–Kier alpha value is -2.93. The Balaban J connectivity index is 1.55. The van der Waals surface area contributed by atoms with Crippen LogP contribution in [0.3, 0.4) is 0 Å². The van der Waals surface area contributed by atoms with Crippen molar-refractivity contribution < 1.29 is 9.45 Å². The molecule has 24 heavy (non-hydrogen) atoms. The number of nitrogens with one attached hydrogen (secondary N) is 1. The van der Waals surface area contributed by atoms with Crippen LogP contribution >= 0.6 is 11.6 Å². The zero-order valence-electron chi connectivity index (χ0n) is 12.5. The van der Waals surface area contributed by atoms with E-state index in [1.54, 1.807) is 24.3 Å². The van der Waals surface area contributed by atoms with Crippen molar-refractivity contribution in [3.63, 3.8) is 0 Å². The van der Waals surface area contributed by atoms with Crippen molar-refractivity contribution in [2.75, 3.05) is 11.9 Å². The second-order valence-electron chi connectivity index (χ2n) is 5.00. The normalized spacial score (nSPS) is 10.5. The molecule has 0 saturated heterocycles. The summed E-state index contributed by atoms with van der Waals surface area (Å²) in [5, 5.41) is 18.3. The molecular formula is C16H13ClN4O3. The predicted molar refractivity (Wildman–Crippen MR) is 90.0 cm³/mol. The molecule has 2 aromatic carbocycles. The first-order valence-electron chi connectivity index (χ1n) is 7.19. The molecule has 0 amide bonds. The van der Waals surface area contributed by atoms with Gasteiger partial charge in [0.25, 0.3) is 5.69 Å². The molecule has 122 valence electrons. The summed E-state index contributed by atoms with van der Waals surface area (Å²) in [7, 11) is 0. The van der Waals surface area contributed by atoms with Gasteiger partial charge in [-0.1, -0.05) is 16.8 Å². The van der Waals surface area contributed by atoms with Crippen molar-refractivity contribution in [3.05, 3.63) is 69.6 Å². The highest BCUT2D eigenvalue weighted by atomic mass is 35.5. The number of nitro groups is 1. The molecule has 1 heterocycles. The molecule has 3 rings (SSSR count). The third kappa shape index (κ3) is 3.88. The number of nitrogens with zero attached hydrogens (tertiary/aromatic N) is 3. The van der Waals surface area contributed by atoms with E-state index >= 15 is 0 Å². The summed E-state index contributed by atoms with van der Waals surface area (Å²) >= 11 is 5.85. The standard InChI is InChI=1S/C16H13ClN4O3/c17-12-3-1-11(2-4-12)16-19-15(24-20-16)9-10-18-13-5-7-14(8-6-13)21(22)23/h1-8,18H,9-10H2. The van der Waals surface area contributed by atoms with Crippen LogP contribution in [0.25, 0.3) is 11.4 Å². The minimum Gasteiger partial charge on any atom is -0.385 e. The Morgan fingerprint density at radius 2 is 1.83 bits per heavy atom. The summed E-state index contributed by atoms with van der Waals surface area (Å²) < 4.78 is 5.21. The summed E-state index contributed by atoms with van der Waals surface area (Å²) in [5.74, 6) is 1.02. The molecule has 8 heteroatoms. The molecule has 1 N–H and O–H groups in total. The highest BCUT2D eigenvalue weighted by Crippen LogP contribution is 2.19. The Labute approximate surface area is 142 Å². The van der Waals surface area contributed by atoms with E-state index in [0.717, 1.165) is 11.3 Å². The second kappa shape index (κ2) is 7.10. The summed E-state index contributed by atoms with van der Waals surface area (Å²) in [5.41, 5.74) is 1.68. The molecule has 7 nitrogen and oxygen atoms in total. The number of nitro benzene ring substituents is 1. The lowest BCUT2D eigenvalue weighted by molar-refractivity contribution is -0.384. The number of non-ortho nitro benzene ring substituents is 1. The van der Waals surface area contributed by atoms with Crippen LogP contribution in [0.15, 0.2) is 53.1 Å². The summed E-state index contributed by atoms with van der Waals surface area (Å²) in [6.07, 6.45) is 0.539. The average molecular weight is 345 g/mol. The Morgan fingerprint density at radius 3 is 2.50 bits per heavy atom. The van der Waals surface area contributed by atoms with Gasteiger partial charge in [-0.3, -0.25) is 10.1 Å². The molecule has 0 bridgehead atoms. The minimum atomic E-state index is -0.430. The molecule has 0 aliphatic rings. The SMILES string of the molecule is O=[N+]([O-])c1ccc(NCCc2nc(-c3ccc(Cl)cc3)no2)cc1. The maximum absolute atomic E-state index is 10.6. The number of aromatic nitrogens is 2. The van der Waals surface area contributed by atoms with Crippen molar-refractivity contribution in [1.29, 1.82) is 0 Å². The molecule has 0 aliphatic carbocycles. The number of anilines is 1. The highest BCUT2D eigenvalue weighted by molar-refractivity contribution is 6.30. The Morgan fingerprint density at radius 1 is 1.12 bits per heavy atom. The van der Waals surface area contributed by atoms with E-state index in [-0.39, 0.29) is 5.69 Å². The van der Waals surface area contributed by atoms with Gasteiger partial charge in [-0.25, -0.2) is 0 Å². The maximum atomic E-state index is 10.6. The van der Waals surface area contributed by atoms with Crippen molar-refractivity contribution in [3.8, 4) is 11.4 Å². The smallest absolute Gasteiger partial charge is 0.269 e. The number of hydrogen-bond acceptors (Lipinski definition) is 6. The van der Waals surface area contributed by atoms with Gasteiger partial charge >= 0.3 is 0 Å². The van der Waals surface area contributed by atoms with Crippen LogP contribution in [-0.4, -0.2) is 21.6 Å². The molecular weight excluding hydrogens is 332 g/mol. The zero-order chi connectivity index (χ0) is 16.9. The van der Waals surface area contributed by atoms with Gasteiger partial charge in [0.05, 0.1) is 4.92 Å². The highest BCUT2D eigenvalue weighted by Gasteiger charge is 2.09. The van der Waals surface area contributed by atoms with Crippen molar-refractivity contribution in [1.82, 2.24) is 10.1 Å². The lowest BCUT2D eigenvalue weighted by Gasteiger charge is -2.03. The van der Waals surface area contributed by atoms with Gasteiger partial charge in [0.2, 0.25) is 11.7 Å². The number of rotatable bonds is 6. The fourth-order valence-electron chi connectivity index (χ4n) is 2.09. The fraction of sp³-hybridized carbons (Fsp3) is 0.125. The predicted octanol–water partition coefficient (Wildman–Crippen LogP) is 3.95. The van der Waals surface area contributed by atoms with Gasteiger partial charge in [0.15, 0.2) is 0 Å². The number of hydrogen-bond donors (Lipinski definition) is 1. The average Bonchev–Trinajstić information content (AvgIpc) is 3.05. The van der Waals surface area contributed by atoms with E-state index in [1.165, 1.54) is 12.1 Å². The van der Waals surface area contributed by atoms with Gasteiger partial charge in [0, 0.05) is 41.4 Å². The first-order chi connectivity index (χ1) is 11.6. The van der Waals surface area contributed by atoms with Crippen LogP contribution in [0, 0.1) is 10.1 Å². The van der Waals surface area contributed by atoms with Gasteiger partial charge in [-0.2, -0.15) is 4.98 Å². The quantitative estimate of drug-likeness (QED) is 0.537. The third-order valence-electron chi connectivity index (χ3n) is 3.32. The van der Waals surface area contributed by atoms with Crippen LogP contribution in [0.1, 0.15) is 5.89 Å². The van der Waals surface area contributed by atoms with E-state index < -0.39 is 4.92 Å². The lowest BCUT2D eigenvalue weighted by atomic mass is 10.2. The van der Waals surface area contributed by atoms with Crippen LogP contribution in [0.2, 0.25) is 5.02 Å². The molecule has 0 spiro atoms. The maximum Gasteiger partial charge on any atom is 0.269 e. The van der Waals surface area contributed by atoms with E-state index in [9.17, 15) is 10.1 Å². The van der Waals surface area contributed by atoms with Crippen molar-refractivity contribution in [2.45, 2.75) is 6.42 Å². The first-order valence-corrected chi connectivity index (χ1v) is 7.56. The first kappa shape index (κ1) is 15.9. The minimum absolute atomic E-state index is 0.0602. The number of halogens is 1. The Kier molecular flexibility index (Phi) is 4.72. The van der Waals surface area contributed by atoms with E-state index in [4.69, 9.17) is 16.1 Å². The van der Waals surface area contributed by atoms with Crippen molar-refractivity contribution >= 4 is 23.0 Å². The second-order valence-corrected chi connectivity index (χ2v) is 5.44. The van der Waals surface area contributed by atoms with Crippen LogP contribution < -0.4 is 5.32 Å². The number of benzene rings is 2. The third-order valence-corrected chi connectivity index (χ3v) is 3.57. The topological polar surface area (TPSA) is 94.1 Å². The molecule has 1 aromatic heterocycles. The van der Waals surface area contributed by atoms with E-state index in [2.05, 4.69) is 15.5 Å². The fourth-order valence-corrected chi connectivity index (χ4v) is 2.21. The molecule has 3 aromatic rings.